The van der Waals surface area contributed by atoms with Crippen molar-refractivity contribution in [2.45, 2.75) is 25.3 Å². The molecule has 1 N–H and O–H groups in total. The van der Waals surface area contributed by atoms with Crippen LogP contribution in [-0.2, 0) is 5.54 Å². The summed E-state index contributed by atoms with van der Waals surface area (Å²) in [4.78, 5) is 4.86. The summed E-state index contributed by atoms with van der Waals surface area (Å²) in [7, 11) is 2.10. The van der Waals surface area contributed by atoms with Crippen LogP contribution < -0.4 is 10.2 Å². The Morgan fingerprint density at radius 3 is 2.52 bits per heavy atom. The van der Waals surface area contributed by atoms with Crippen molar-refractivity contribution in [3.63, 3.8) is 0 Å². The summed E-state index contributed by atoms with van der Waals surface area (Å²) in [6, 6.07) is 15.3. The lowest BCUT2D eigenvalue weighted by Gasteiger charge is -2.36. The van der Waals surface area contributed by atoms with Crippen LogP contribution >= 0.6 is 11.6 Å². The molecule has 0 spiro atoms. The van der Waals surface area contributed by atoms with Crippen molar-refractivity contribution >= 4 is 23.0 Å². The number of nitrogens with zero attached hydrogens (tertiary/aromatic N) is 2. The molecule has 2 aromatic rings. The van der Waals surface area contributed by atoms with E-state index >= 15 is 0 Å². The highest BCUT2D eigenvalue weighted by atomic mass is 35.5. The largest absolute Gasteiger partial charge is 0.343 e. The minimum Gasteiger partial charge on any atom is -0.343 e. The van der Waals surface area contributed by atoms with Crippen LogP contribution in [0.15, 0.2) is 42.5 Å². The molecule has 0 unspecified atom stereocenters. The third-order valence-electron chi connectivity index (χ3n) is 5.68. The van der Waals surface area contributed by atoms with Gasteiger partial charge in [-0.1, -0.05) is 29.8 Å². The van der Waals surface area contributed by atoms with Crippen molar-refractivity contribution in [2.24, 2.45) is 0 Å². The number of piperazine rings is 1. The van der Waals surface area contributed by atoms with Gasteiger partial charge < -0.3 is 10.2 Å². The first kappa shape index (κ1) is 16.9. The van der Waals surface area contributed by atoms with E-state index in [1.165, 1.54) is 29.7 Å². The van der Waals surface area contributed by atoms with Crippen molar-refractivity contribution < 1.29 is 0 Å². The van der Waals surface area contributed by atoms with Gasteiger partial charge in [0.15, 0.2) is 0 Å². The normalized spacial score (nSPS) is 19.6. The van der Waals surface area contributed by atoms with Gasteiger partial charge in [0, 0.05) is 44.5 Å². The second kappa shape index (κ2) is 6.64. The molecule has 0 radical (unpaired) electrons. The Kier molecular flexibility index (Phi) is 4.48. The molecule has 2 fully saturated rings. The van der Waals surface area contributed by atoms with Gasteiger partial charge in [-0.05, 0) is 55.2 Å². The zero-order valence-electron chi connectivity index (χ0n) is 15.1. The van der Waals surface area contributed by atoms with Crippen molar-refractivity contribution in [1.82, 2.24) is 10.2 Å². The highest BCUT2D eigenvalue weighted by Crippen LogP contribution is 2.51. The van der Waals surface area contributed by atoms with E-state index in [9.17, 15) is 0 Å². The van der Waals surface area contributed by atoms with Gasteiger partial charge in [0.05, 0.1) is 10.7 Å². The molecule has 132 valence electrons. The lowest BCUT2D eigenvalue weighted by Crippen LogP contribution is -2.48. The molecule has 0 aromatic heterocycles. The summed E-state index contributed by atoms with van der Waals surface area (Å²) in [5.74, 6) is 0. The summed E-state index contributed by atoms with van der Waals surface area (Å²) in [5.41, 5.74) is 5.14. The van der Waals surface area contributed by atoms with Gasteiger partial charge in [0.2, 0.25) is 0 Å². The molecule has 1 saturated carbocycles. The van der Waals surface area contributed by atoms with Gasteiger partial charge in [-0.3, -0.25) is 4.90 Å². The first-order valence-electron chi connectivity index (χ1n) is 9.16. The molecule has 0 bridgehead atoms. The Hall–Kier alpha value is -1.55. The first-order chi connectivity index (χ1) is 12.1. The molecule has 25 heavy (non-hydrogen) atoms. The molecule has 2 aromatic carbocycles. The number of anilines is 2. The molecule has 3 nitrogen and oxygen atoms in total. The number of nitrogens with one attached hydrogen (secondary N) is 1. The van der Waals surface area contributed by atoms with E-state index in [2.05, 4.69) is 65.5 Å². The second-order valence-corrected chi connectivity index (χ2v) is 7.74. The topological polar surface area (TPSA) is 18.5 Å². The van der Waals surface area contributed by atoms with Crippen molar-refractivity contribution in [3.05, 3.63) is 58.6 Å². The third kappa shape index (κ3) is 3.17. The van der Waals surface area contributed by atoms with E-state index in [4.69, 9.17) is 11.6 Å². The van der Waals surface area contributed by atoms with Crippen LogP contribution in [0.25, 0.3) is 0 Å². The van der Waals surface area contributed by atoms with Crippen molar-refractivity contribution in [1.29, 1.82) is 0 Å². The quantitative estimate of drug-likeness (QED) is 0.881. The lowest BCUT2D eigenvalue weighted by molar-refractivity contribution is 0.154. The van der Waals surface area contributed by atoms with Crippen molar-refractivity contribution in [3.8, 4) is 0 Å². The van der Waals surface area contributed by atoms with Gasteiger partial charge in [-0.2, -0.15) is 0 Å². The first-order valence-corrected chi connectivity index (χ1v) is 9.54. The molecule has 2 aliphatic rings. The minimum atomic E-state index is 0.260. The molecule has 0 amide bonds. The summed E-state index contributed by atoms with van der Waals surface area (Å²) in [6.07, 6.45) is 2.54. The molecule has 1 aliphatic carbocycles. The molecule has 0 atom stereocenters. The number of benzene rings is 2. The Balaban J connectivity index is 1.63. The second-order valence-electron chi connectivity index (χ2n) is 7.33. The fourth-order valence-corrected chi connectivity index (χ4v) is 4.39. The number of rotatable bonds is 4. The molecule has 4 rings (SSSR count). The maximum absolute atomic E-state index is 6.48. The van der Waals surface area contributed by atoms with E-state index in [-0.39, 0.29) is 5.54 Å². The van der Waals surface area contributed by atoms with Gasteiger partial charge in [-0.15, -0.1) is 0 Å². The van der Waals surface area contributed by atoms with Gasteiger partial charge in [0.1, 0.15) is 0 Å². The van der Waals surface area contributed by atoms with Gasteiger partial charge in [0.25, 0.3) is 0 Å². The minimum absolute atomic E-state index is 0.260. The lowest BCUT2D eigenvalue weighted by atomic mass is 10.0. The van der Waals surface area contributed by atoms with Crippen LogP contribution in [0.5, 0.6) is 0 Å². The number of hydrogen-bond acceptors (Lipinski definition) is 3. The summed E-state index contributed by atoms with van der Waals surface area (Å²) >= 11 is 6.48. The van der Waals surface area contributed by atoms with Crippen molar-refractivity contribution in [2.75, 3.05) is 38.1 Å². The Morgan fingerprint density at radius 1 is 1.08 bits per heavy atom. The third-order valence-corrected chi connectivity index (χ3v) is 5.98. The predicted molar refractivity (Wildman–Crippen MR) is 106 cm³/mol. The number of halogens is 1. The number of aryl methyl sites for hydroxylation is 1. The van der Waals surface area contributed by atoms with Crippen LogP contribution in [-0.4, -0.2) is 38.1 Å². The average Bonchev–Trinajstić information content (AvgIpc) is 3.44. The van der Waals surface area contributed by atoms with Crippen LogP contribution in [0.1, 0.15) is 24.0 Å². The highest BCUT2D eigenvalue weighted by molar-refractivity contribution is 6.33. The molecular weight excluding hydrogens is 330 g/mol. The van der Waals surface area contributed by atoms with Gasteiger partial charge in [-0.25, -0.2) is 0 Å². The Bertz CT molecular complexity index is 763. The molecular formula is C21H26ClN3. The maximum Gasteiger partial charge on any atom is 0.0645 e. The molecule has 1 aliphatic heterocycles. The summed E-state index contributed by atoms with van der Waals surface area (Å²) in [6.45, 7) is 6.55. The standard InChI is InChI=1S/C21H26ClN3/c1-16-6-7-20(19(22)14-16)24(2)18-5-3-4-17(15-18)21(8-9-21)25-12-10-23-11-13-25/h3-7,14-15,23H,8-13H2,1-2H3. The maximum atomic E-state index is 6.48. The zero-order chi connectivity index (χ0) is 17.4. The van der Waals surface area contributed by atoms with E-state index in [0.29, 0.717) is 0 Å². The fraction of sp³-hybridized carbons (Fsp3) is 0.429. The van der Waals surface area contributed by atoms with E-state index in [1.54, 1.807) is 0 Å². The average molecular weight is 356 g/mol. The van der Waals surface area contributed by atoms with E-state index in [1.807, 2.05) is 6.07 Å². The smallest absolute Gasteiger partial charge is 0.0645 e. The monoisotopic (exact) mass is 355 g/mol. The SMILES string of the molecule is Cc1ccc(N(C)c2cccc(C3(N4CCNCC4)CC3)c2)c(Cl)c1. The molecule has 1 saturated heterocycles. The summed E-state index contributed by atoms with van der Waals surface area (Å²) < 4.78 is 0. The molecule has 4 heteroatoms. The molecule has 1 heterocycles. The zero-order valence-corrected chi connectivity index (χ0v) is 15.8. The predicted octanol–water partition coefficient (Wildman–Crippen LogP) is 4.31. The van der Waals surface area contributed by atoms with E-state index < -0.39 is 0 Å². The van der Waals surface area contributed by atoms with Crippen LogP contribution in [0.4, 0.5) is 11.4 Å². The van der Waals surface area contributed by atoms with Gasteiger partial charge >= 0.3 is 0 Å². The fourth-order valence-electron chi connectivity index (χ4n) is 4.03. The van der Waals surface area contributed by atoms with Crippen LogP contribution in [0.2, 0.25) is 5.02 Å². The Labute approximate surface area is 155 Å². The highest BCUT2D eigenvalue weighted by Gasteiger charge is 2.49. The number of hydrogen-bond donors (Lipinski definition) is 1. The Morgan fingerprint density at radius 2 is 1.84 bits per heavy atom. The van der Waals surface area contributed by atoms with Crippen LogP contribution in [0, 0.1) is 6.92 Å². The van der Waals surface area contributed by atoms with E-state index in [0.717, 1.165) is 36.9 Å². The van der Waals surface area contributed by atoms with Crippen LogP contribution in [0.3, 0.4) is 0 Å². The summed E-state index contributed by atoms with van der Waals surface area (Å²) in [5, 5.41) is 4.27.